The Balaban J connectivity index is 2.01. The smallest absolute Gasteiger partial charge is 0.241 e. The number of primary amides is 1. The molecule has 0 fully saturated rings. The van der Waals surface area contributed by atoms with Gasteiger partial charge in [0.15, 0.2) is 5.78 Å². The number of carbonyl (C=O) groups excluding carboxylic acids is 2. The van der Waals surface area contributed by atoms with Crippen molar-refractivity contribution in [1.82, 2.24) is 9.97 Å². The molecule has 0 atom stereocenters. The topological polar surface area (TPSA) is 88.8 Å². The number of halogens is 1. The summed E-state index contributed by atoms with van der Waals surface area (Å²) in [5, 5.41) is 0.690. The van der Waals surface area contributed by atoms with E-state index in [4.69, 9.17) is 5.73 Å². The van der Waals surface area contributed by atoms with Gasteiger partial charge in [0.25, 0.3) is 0 Å². The van der Waals surface area contributed by atoms with Crippen molar-refractivity contribution in [3.63, 3.8) is 0 Å². The monoisotopic (exact) mass is 309 g/mol. The zero-order chi connectivity index (χ0) is 16.4. The molecular formula is C17H12FN3O2. The molecule has 3 aromatic rings. The maximum atomic E-state index is 12.9. The second kappa shape index (κ2) is 5.84. The van der Waals surface area contributed by atoms with Crippen molar-refractivity contribution >= 4 is 28.8 Å². The van der Waals surface area contributed by atoms with Gasteiger partial charge in [-0.1, -0.05) is 0 Å². The first-order valence-electron chi connectivity index (χ1n) is 6.79. The van der Waals surface area contributed by atoms with Crippen molar-refractivity contribution in [3.8, 4) is 0 Å². The summed E-state index contributed by atoms with van der Waals surface area (Å²) < 4.78 is 12.9. The van der Waals surface area contributed by atoms with Crippen LogP contribution >= 0.6 is 0 Å². The number of nitrogens with two attached hydrogens (primary N) is 1. The van der Waals surface area contributed by atoms with Crippen LogP contribution in [0, 0.1) is 5.82 Å². The summed E-state index contributed by atoms with van der Waals surface area (Å²) in [5.74, 6) is -1.23. The van der Waals surface area contributed by atoms with Gasteiger partial charge in [0.2, 0.25) is 5.91 Å². The SMILES string of the molecule is NC(=O)/C=C/c1c[nH]c2ncc(C(=O)c3ccc(F)cc3)cc12. The van der Waals surface area contributed by atoms with E-state index in [0.717, 1.165) is 0 Å². The summed E-state index contributed by atoms with van der Waals surface area (Å²) in [4.78, 5) is 30.4. The lowest BCUT2D eigenvalue weighted by Crippen LogP contribution is -2.05. The molecule has 3 rings (SSSR count). The predicted octanol–water partition coefficient (Wildman–Crippen LogP) is 2.43. The Bertz CT molecular complexity index is 927. The number of pyridine rings is 1. The summed E-state index contributed by atoms with van der Waals surface area (Å²) in [7, 11) is 0. The number of ketones is 1. The van der Waals surface area contributed by atoms with E-state index in [1.165, 1.54) is 36.5 Å². The average molecular weight is 309 g/mol. The van der Waals surface area contributed by atoms with Gasteiger partial charge in [-0.05, 0) is 36.4 Å². The zero-order valence-corrected chi connectivity index (χ0v) is 11.9. The fourth-order valence-corrected chi connectivity index (χ4v) is 2.23. The van der Waals surface area contributed by atoms with E-state index < -0.39 is 11.7 Å². The van der Waals surface area contributed by atoms with E-state index in [1.807, 2.05) is 0 Å². The Labute approximate surface area is 130 Å². The quantitative estimate of drug-likeness (QED) is 0.573. The van der Waals surface area contributed by atoms with Crippen molar-refractivity contribution in [2.24, 2.45) is 5.73 Å². The molecule has 0 spiro atoms. The average Bonchev–Trinajstić information content (AvgIpc) is 2.95. The summed E-state index contributed by atoms with van der Waals surface area (Å²) in [6.45, 7) is 0. The molecule has 2 aromatic heterocycles. The lowest BCUT2D eigenvalue weighted by Gasteiger charge is -2.02. The minimum Gasteiger partial charge on any atom is -0.366 e. The Kier molecular flexibility index (Phi) is 3.72. The molecule has 0 unspecified atom stereocenters. The van der Waals surface area contributed by atoms with Gasteiger partial charge < -0.3 is 10.7 Å². The number of H-pyrrole nitrogens is 1. The first-order chi connectivity index (χ1) is 11.0. The molecule has 5 nitrogen and oxygen atoms in total. The van der Waals surface area contributed by atoms with Crippen LogP contribution in [-0.4, -0.2) is 21.7 Å². The molecule has 0 bridgehead atoms. The van der Waals surface area contributed by atoms with Gasteiger partial charge >= 0.3 is 0 Å². The van der Waals surface area contributed by atoms with Gasteiger partial charge in [-0.2, -0.15) is 0 Å². The Morgan fingerprint density at radius 2 is 1.91 bits per heavy atom. The Morgan fingerprint density at radius 1 is 1.17 bits per heavy atom. The number of aromatic nitrogens is 2. The van der Waals surface area contributed by atoms with E-state index in [9.17, 15) is 14.0 Å². The summed E-state index contributed by atoms with van der Waals surface area (Å²) in [5.41, 5.74) is 7.11. The van der Waals surface area contributed by atoms with Crippen molar-refractivity contribution in [1.29, 1.82) is 0 Å². The maximum absolute atomic E-state index is 12.9. The molecule has 0 saturated heterocycles. The minimum absolute atomic E-state index is 0.259. The zero-order valence-electron chi connectivity index (χ0n) is 11.9. The van der Waals surface area contributed by atoms with Gasteiger partial charge in [-0.3, -0.25) is 9.59 Å². The molecule has 0 aliphatic heterocycles. The van der Waals surface area contributed by atoms with Gasteiger partial charge in [-0.15, -0.1) is 0 Å². The van der Waals surface area contributed by atoms with Crippen molar-refractivity contribution in [2.75, 3.05) is 0 Å². The van der Waals surface area contributed by atoms with Crippen LogP contribution in [0.1, 0.15) is 21.5 Å². The van der Waals surface area contributed by atoms with E-state index in [-0.39, 0.29) is 5.78 Å². The summed E-state index contributed by atoms with van der Waals surface area (Å²) >= 11 is 0. The normalized spacial score (nSPS) is 11.2. The van der Waals surface area contributed by atoms with Crippen LogP contribution in [0.5, 0.6) is 0 Å². The number of rotatable bonds is 4. The molecule has 6 heteroatoms. The first-order valence-corrected chi connectivity index (χ1v) is 6.79. The third-order valence-electron chi connectivity index (χ3n) is 3.36. The number of carbonyl (C=O) groups is 2. The molecule has 1 aromatic carbocycles. The van der Waals surface area contributed by atoms with Crippen LogP contribution in [0.4, 0.5) is 4.39 Å². The number of aromatic amines is 1. The second-order valence-electron chi connectivity index (χ2n) is 4.94. The number of benzene rings is 1. The van der Waals surface area contributed by atoms with Crippen LogP contribution in [0.3, 0.4) is 0 Å². The molecule has 23 heavy (non-hydrogen) atoms. The second-order valence-corrected chi connectivity index (χ2v) is 4.94. The minimum atomic E-state index is -0.564. The largest absolute Gasteiger partial charge is 0.366 e. The molecule has 0 saturated carbocycles. The highest BCUT2D eigenvalue weighted by Crippen LogP contribution is 2.20. The molecule has 3 N–H and O–H groups in total. The number of hydrogen-bond donors (Lipinski definition) is 2. The number of fused-ring (bicyclic) bond motifs is 1. The van der Waals surface area contributed by atoms with Crippen LogP contribution in [0.25, 0.3) is 17.1 Å². The molecule has 0 aliphatic rings. The van der Waals surface area contributed by atoms with Gasteiger partial charge in [0.05, 0.1) is 0 Å². The highest BCUT2D eigenvalue weighted by atomic mass is 19.1. The van der Waals surface area contributed by atoms with Crippen molar-refractivity contribution in [2.45, 2.75) is 0 Å². The number of nitrogens with zero attached hydrogens (tertiary/aromatic N) is 1. The fraction of sp³-hybridized carbons (Fsp3) is 0. The highest BCUT2D eigenvalue weighted by Gasteiger charge is 2.12. The maximum Gasteiger partial charge on any atom is 0.241 e. The molecular weight excluding hydrogens is 297 g/mol. The van der Waals surface area contributed by atoms with E-state index >= 15 is 0 Å². The first kappa shape index (κ1) is 14.6. The molecule has 1 amide bonds. The van der Waals surface area contributed by atoms with Gasteiger partial charge in [0.1, 0.15) is 11.5 Å². The molecule has 0 radical (unpaired) electrons. The van der Waals surface area contributed by atoms with Crippen molar-refractivity contribution in [3.05, 3.63) is 71.3 Å². The third-order valence-corrected chi connectivity index (χ3v) is 3.36. The van der Waals surface area contributed by atoms with Gasteiger partial charge in [0, 0.05) is 40.5 Å². The van der Waals surface area contributed by atoms with E-state index in [0.29, 0.717) is 27.7 Å². The number of amides is 1. The Morgan fingerprint density at radius 3 is 2.61 bits per heavy atom. The molecule has 2 heterocycles. The van der Waals surface area contributed by atoms with Crippen LogP contribution < -0.4 is 5.73 Å². The van der Waals surface area contributed by atoms with Gasteiger partial charge in [-0.25, -0.2) is 9.37 Å². The van der Waals surface area contributed by atoms with E-state index in [1.54, 1.807) is 18.3 Å². The summed E-state index contributed by atoms with van der Waals surface area (Å²) in [6.07, 6.45) is 5.90. The molecule has 0 aliphatic carbocycles. The van der Waals surface area contributed by atoms with Crippen LogP contribution in [0.2, 0.25) is 0 Å². The lowest BCUT2D eigenvalue weighted by atomic mass is 10.0. The fourth-order valence-electron chi connectivity index (χ4n) is 2.23. The number of hydrogen-bond acceptors (Lipinski definition) is 3. The number of nitrogens with one attached hydrogen (secondary N) is 1. The third kappa shape index (κ3) is 3.01. The predicted molar refractivity (Wildman–Crippen MR) is 84.2 cm³/mol. The van der Waals surface area contributed by atoms with Crippen molar-refractivity contribution < 1.29 is 14.0 Å². The lowest BCUT2D eigenvalue weighted by molar-refractivity contribution is -0.113. The molecule has 114 valence electrons. The van der Waals surface area contributed by atoms with Crippen LogP contribution in [-0.2, 0) is 4.79 Å². The standard InChI is InChI=1S/C17H12FN3O2/c18-13-4-1-10(2-5-13)16(23)12-7-14-11(3-6-15(19)22)8-20-17(14)21-9-12/h1-9H,(H2,19,22)(H,20,21)/b6-3+. The highest BCUT2D eigenvalue weighted by molar-refractivity contribution is 6.10. The summed E-state index contributed by atoms with van der Waals surface area (Å²) in [6, 6.07) is 6.98. The van der Waals surface area contributed by atoms with E-state index in [2.05, 4.69) is 9.97 Å². The van der Waals surface area contributed by atoms with Crippen LogP contribution in [0.15, 0.2) is 48.8 Å². The Hall–Kier alpha value is -3.28.